The number of imidazole rings is 1. The van der Waals surface area contributed by atoms with Crippen LogP contribution in [-0.4, -0.2) is 21.4 Å². The molecule has 3 rings (SSSR count). The second-order valence-corrected chi connectivity index (χ2v) is 4.77. The summed E-state index contributed by atoms with van der Waals surface area (Å²) in [4.78, 5) is 10.0. The second-order valence-electron chi connectivity index (χ2n) is 4.77. The number of hydrogen-bond donors (Lipinski definition) is 1. The van der Waals surface area contributed by atoms with Gasteiger partial charge in [0.05, 0.1) is 12.0 Å². The molecule has 0 unspecified atom stereocenters. The number of nitrogens with zero attached hydrogens (tertiary/aromatic N) is 2. The standard InChI is InChI=1S/C14H17N3/c1-11-2-4-12(5-3-11)8-17-7-6-13-14(9-17)16-10-15-13/h2-5,10H,6-9H2,1H3,(H,15,16). The van der Waals surface area contributed by atoms with E-state index in [1.807, 2.05) is 0 Å². The molecule has 3 nitrogen and oxygen atoms in total. The summed E-state index contributed by atoms with van der Waals surface area (Å²) >= 11 is 0. The minimum Gasteiger partial charge on any atom is -0.348 e. The van der Waals surface area contributed by atoms with Gasteiger partial charge in [-0.3, -0.25) is 4.90 Å². The zero-order chi connectivity index (χ0) is 11.7. The smallest absolute Gasteiger partial charge is 0.0925 e. The quantitative estimate of drug-likeness (QED) is 0.853. The number of hydrogen-bond acceptors (Lipinski definition) is 2. The van der Waals surface area contributed by atoms with Crippen molar-refractivity contribution in [1.82, 2.24) is 14.9 Å². The average Bonchev–Trinajstić information content (AvgIpc) is 2.79. The van der Waals surface area contributed by atoms with Crippen molar-refractivity contribution in [2.45, 2.75) is 26.4 Å². The van der Waals surface area contributed by atoms with Crippen molar-refractivity contribution in [2.24, 2.45) is 0 Å². The minimum atomic E-state index is 0.965. The molecule has 1 aromatic heterocycles. The highest BCUT2D eigenvalue weighted by Gasteiger charge is 2.17. The molecule has 0 bridgehead atoms. The number of nitrogens with one attached hydrogen (secondary N) is 1. The third-order valence-electron chi connectivity index (χ3n) is 3.39. The van der Waals surface area contributed by atoms with Crippen molar-refractivity contribution in [2.75, 3.05) is 6.54 Å². The summed E-state index contributed by atoms with van der Waals surface area (Å²) in [5.41, 5.74) is 5.23. The van der Waals surface area contributed by atoms with E-state index in [-0.39, 0.29) is 0 Å². The molecule has 2 heterocycles. The summed E-state index contributed by atoms with van der Waals surface area (Å²) in [6.45, 7) is 5.23. The average molecular weight is 227 g/mol. The molecule has 1 N–H and O–H groups in total. The predicted octanol–water partition coefficient (Wildman–Crippen LogP) is 2.28. The molecule has 0 aliphatic carbocycles. The molecular formula is C14H17N3. The van der Waals surface area contributed by atoms with E-state index < -0.39 is 0 Å². The Morgan fingerprint density at radius 3 is 2.94 bits per heavy atom. The molecule has 0 atom stereocenters. The molecule has 3 heteroatoms. The fraction of sp³-hybridized carbons (Fsp3) is 0.357. The van der Waals surface area contributed by atoms with Crippen LogP contribution in [0.5, 0.6) is 0 Å². The lowest BCUT2D eigenvalue weighted by atomic mass is 10.1. The highest BCUT2D eigenvalue weighted by Crippen LogP contribution is 2.17. The van der Waals surface area contributed by atoms with E-state index in [0.717, 1.165) is 26.1 Å². The lowest BCUT2D eigenvalue weighted by Gasteiger charge is -2.25. The number of aryl methyl sites for hydroxylation is 1. The van der Waals surface area contributed by atoms with Gasteiger partial charge in [-0.05, 0) is 12.5 Å². The van der Waals surface area contributed by atoms with Crippen LogP contribution in [0, 0.1) is 6.92 Å². The minimum absolute atomic E-state index is 0.965. The topological polar surface area (TPSA) is 31.9 Å². The normalized spacial score (nSPS) is 15.8. The largest absolute Gasteiger partial charge is 0.348 e. The van der Waals surface area contributed by atoms with Crippen molar-refractivity contribution in [3.05, 3.63) is 53.1 Å². The number of benzene rings is 1. The van der Waals surface area contributed by atoms with Crippen LogP contribution in [0.1, 0.15) is 22.5 Å². The molecule has 0 fully saturated rings. The van der Waals surface area contributed by atoms with Gasteiger partial charge in [-0.15, -0.1) is 0 Å². The van der Waals surface area contributed by atoms with E-state index in [4.69, 9.17) is 0 Å². The van der Waals surface area contributed by atoms with Gasteiger partial charge in [0.1, 0.15) is 0 Å². The van der Waals surface area contributed by atoms with E-state index in [1.165, 1.54) is 22.5 Å². The summed E-state index contributed by atoms with van der Waals surface area (Å²) in [6.07, 6.45) is 2.89. The SMILES string of the molecule is Cc1ccc(CN2CCc3[nH]cnc3C2)cc1. The Kier molecular flexibility index (Phi) is 2.69. The van der Waals surface area contributed by atoms with Crippen LogP contribution in [0.25, 0.3) is 0 Å². The van der Waals surface area contributed by atoms with Gasteiger partial charge in [-0.1, -0.05) is 29.8 Å². The van der Waals surface area contributed by atoms with E-state index in [9.17, 15) is 0 Å². The molecule has 88 valence electrons. The number of aromatic amines is 1. The molecule has 0 saturated carbocycles. The van der Waals surface area contributed by atoms with Crippen LogP contribution in [0.15, 0.2) is 30.6 Å². The molecule has 2 aromatic rings. The Hall–Kier alpha value is -1.61. The maximum atomic E-state index is 4.37. The van der Waals surface area contributed by atoms with Crippen molar-refractivity contribution in [1.29, 1.82) is 0 Å². The van der Waals surface area contributed by atoms with Crippen LogP contribution in [0.4, 0.5) is 0 Å². The highest BCUT2D eigenvalue weighted by atomic mass is 15.1. The molecule has 0 amide bonds. The Morgan fingerprint density at radius 1 is 1.29 bits per heavy atom. The third kappa shape index (κ3) is 2.24. The third-order valence-corrected chi connectivity index (χ3v) is 3.39. The summed E-state index contributed by atoms with van der Waals surface area (Å²) in [5, 5.41) is 0. The van der Waals surface area contributed by atoms with E-state index in [1.54, 1.807) is 6.33 Å². The van der Waals surface area contributed by atoms with Gasteiger partial charge in [0.25, 0.3) is 0 Å². The Morgan fingerprint density at radius 2 is 2.12 bits per heavy atom. The molecule has 1 aliphatic heterocycles. The first-order valence-electron chi connectivity index (χ1n) is 6.10. The first kappa shape index (κ1) is 10.5. The molecule has 1 aliphatic rings. The molecule has 17 heavy (non-hydrogen) atoms. The number of aromatic nitrogens is 2. The lowest BCUT2D eigenvalue weighted by Crippen LogP contribution is -2.30. The van der Waals surface area contributed by atoms with Gasteiger partial charge < -0.3 is 4.98 Å². The van der Waals surface area contributed by atoms with Crippen molar-refractivity contribution in [3.63, 3.8) is 0 Å². The zero-order valence-electron chi connectivity index (χ0n) is 10.1. The summed E-state index contributed by atoms with van der Waals surface area (Å²) in [6, 6.07) is 8.79. The van der Waals surface area contributed by atoms with Crippen LogP contribution in [0.2, 0.25) is 0 Å². The lowest BCUT2D eigenvalue weighted by molar-refractivity contribution is 0.241. The fourth-order valence-electron chi connectivity index (χ4n) is 2.35. The van der Waals surface area contributed by atoms with Crippen LogP contribution in [-0.2, 0) is 19.5 Å². The van der Waals surface area contributed by atoms with Gasteiger partial charge >= 0.3 is 0 Å². The number of fused-ring (bicyclic) bond motifs is 1. The first-order valence-corrected chi connectivity index (χ1v) is 6.10. The number of rotatable bonds is 2. The molecule has 1 aromatic carbocycles. The molecule has 0 spiro atoms. The van der Waals surface area contributed by atoms with Gasteiger partial charge in [-0.25, -0.2) is 4.98 Å². The zero-order valence-corrected chi connectivity index (χ0v) is 10.1. The maximum Gasteiger partial charge on any atom is 0.0925 e. The van der Waals surface area contributed by atoms with Gasteiger partial charge in [0, 0.05) is 31.7 Å². The van der Waals surface area contributed by atoms with Crippen LogP contribution < -0.4 is 0 Å². The Labute approximate surface area is 101 Å². The van der Waals surface area contributed by atoms with E-state index in [2.05, 4.69) is 46.1 Å². The van der Waals surface area contributed by atoms with Crippen molar-refractivity contribution in [3.8, 4) is 0 Å². The second kappa shape index (κ2) is 4.34. The van der Waals surface area contributed by atoms with Gasteiger partial charge in [0.15, 0.2) is 0 Å². The highest BCUT2D eigenvalue weighted by molar-refractivity contribution is 5.22. The fourth-order valence-corrected chi connectivity index (χ4v) is 2.35. The first-order chi connectivity index (χ1) is 8.31. The Balaban J connectivity index is 1.69. The maximum absolute atomic E-state index is 4.37. The Bertz CT molecular complexity index is 498. The molecule has 0 saturated heterocycles. The van der Waals surface area contributed by atoms with Crippen molar-refractivity contribution < 1.29 is 0 Å². The predicted molar refractivity (Wildman–Crippen MR) is 67.6 cm³/mol. The molecule has 0 radical (unpaired) electrons. The van der Waals surface area contributed by atoms with E-state index >= 15 is 0 Å². The summed E-state index contributed by atoms with van der Waals surface area (Å²) in [7, 11) is 0. The van der Waals surface area contributed by atoms with Gasteiger partial charge in [0.2, 0.25) is 0 Å². The molecular weight excluding hydrogens is 210 g/mol. The van der Waals surface area contributed by atoms with Crippen molar-refractivity contribution >= 4 is 0 Å². The van der Waals surface area contributed by atoms with E-state index in [0.29, 0.717) is 0 Å². The van der Waals surface area contributed by atoms with Crippen LogP contribution in [0.3, 0.4) is 0 Å². The van der Waals surface area contributed by atoms with Crippen LogP contribution >= 0.6 is 0 Å². The summed E-state index contributed by atoms with van der Waals surface area (Å²) < 4.78 is 0. The van der Waals surface area contributed by atoms with Gasteiger partial charge in [-0.2, -0.15) is 0 Å². The summed E-state index contributed by atoms with van der Waals surface area (Å²) in [5.74, 6) is 0. The monoisotopic (exact) mass is 227 g/mol. The number of H-pyrrole nitrogens is 1.